The predicted molar refractivity (Wildman–Crippen MR) is 89.1 cm³/mol. The molecule has 0 bridgehead atoms. The second kappa shape index (κ2) is 6.58. The second-order valence-corrected chi connectivity index (χ2v) is 6.14. The number of nitrogens with zero attached hydrogens (tertiary/aromatic N) is 2. The maximum atomic E-state index is 13.6. The molecule has 0 fully saturated rings. The number of carbonyl (C=O) groups is 1. The molecule has 5 nitrogen and oxygen atoms in total. The molecule has 1 aromatic heterocycles. The Labute approximate surface area is 139 Å². The van der Waals surface area contributed by atoms with Crippen LogP contribution in [0.5, 0.6) is 0 Å². The van der Waals surface area contributed by atoms with Gasteiger partial charge in [-0.15, -0.1) is 0 Å². The molecule has 0 aliphatic rings. The molecule has 0 unspecified atom stereocenters. The fourth-order valence-electron chi connectivity index (χ4n) is 2.54. The molecule has 124 valence electrons. The normalized spacial score (nSPS) is 12.3. The van der Waals surface area contributed by atoms with Crippen LogP contribution in [0.1, 0.15) is 34.2 Å². The molecule has 1 aromatic carbocycles. The topological polar surface area (TPSA) is 72.9 Å². The highest BCUT2D eigenvalue weighted by atomic mass is 35.5. The van der Waals surface area contributed by atoms with E-state index in [1.165, 1.54) is 6.07 Å². The zero-order valence-corrected chi connectivity index (χ0v) is 14.3. The van der Waals surface area contributed by atoms with Crippen molar-refractivity contribution < 1.29 is 9.18 Å². The van der Waals surface area contributed by atoms with Gasteiger partial charge in [-0.2, -0.15) is 5.10 Å². The number of aromatic nitrogens is 2. The summed E-state index contributed by atoms with van der Waals surface area (Å²) in [5, 5.41) is 7.31. The number of anilines is 1. The zero-order valence-electron chi connectivity index (χ0n) is 13.6. The molecule has 0 aliphatic carbocycles. The van der Waals surface area contributed by atoms with E-state index < -0.39 is 11.7 Å². The summed E-state index contributed by atoms with van der Waals surface area (Å²) < 4.78 is 15.4. The summed E-state index contributed by atoms with van der Waals surface area (Å²) in [5.41, 5.74) is 8.54. The number of carbonyl (C=O) groups excluding carboxylic acids is 1. The summed E-state index contributed by atoms with van der Waals surface area (Å²) in [5.74, 6) is -1.15. The van der Waals surface area contributed by atoms with E-state index in [0.29, 0.717) is 6.42 Å². The Balaban J connectivity index is 2.14. The summed E-state index contributed by atoms with van der Waals surface area (Å²) in [6.45, 7) is 5.79. The van der Waals surface area contributed by atoms with Gasteiger partial charge in [0.1, 0.15) is 5.82 Å². The molecule has 0 saturated carbocycles. The molecule has 0 aliphatic heterocycles. The highest BCUT2D eigenvalue weighted by Gasteiger charge is 2.18. The van der Waals surface area contributed by atoms with E-state index in [9.17, 15) is 9.18 Å². The van der Waals surface area contributed by atoms with Gasteiger partial charge in [-0.3, -0.25) is 9.48 Å². The monoisotopic (exact) mass is 338 g/mol. The third kappa shape index (κ3) is 3.64. The van der Waals surface area contributed by atoms with Crippen molar-refractivity contribution in [2.75, 3.05) is 5.73 Å². The minimum Gasteiger partial charge on any atom is -0.396 e. The molecule has 0 radical (unpaired) electrons. The molecule has 23 heavy (non-hydrogen) atoms. The fraction of sp³-hybridized carbons (Fsp3) is 0.375. The van der Waals surface area contributed by atoms with E-state index in [2.05, 4.69) is 10.4 Å². The molecule has 1 atom stereocenters. The van der Waals surface area contributed by atoms with Crippen LogP contribution in [0.4, 0.5) is 10.1 Å². The van der Waals surface area contributed by atoms with Crippen molar-refractivity contribution in [3.05, 3.63) is 45.5 Å². The molecule has 3 N–H and O–H groups in total. The van der Waals surface area contributed by atoms with Crippen LogP contribution in [0.25, 0.3) is 0 Å². The van der Waals surface area contributed by atoms with E-state index >= 15 is 0 Å². The maximum absolute atomic E-state index is 13.6. The summed E-state index contributed by atoms with van der Waals surface area (Å²) >= 11 is 5.79. The quantitative estimate of drug-likeness (QED) is 0.842. The summed E-state index contributed by atoms with van der Waals surface area (Å²) in [6, 6.07) is 2.28. The van der Waals surface area contributed by atoms with Gasteiger partial charge in [-0.1, -0.05) is 11.6 Å². The van der Waals surface area contributed by atoms with E-state index in [1.54, 1.807) is 0 Å². The van der Waals surface area contributed by atoms with E-state index in [0.717, 1.165) is 23.0 Å². The average Bonchev–Trinajstić information content (AvgIpc) is 2.69. The van der Waals surface area contributed by atoms with E-state index in [-0.39, 0.29) is 22.3 Å². The van der Waals surface area contributed by atoms with Crippen LogP contribution in [0.2, 0.25) is 5.02 Å². The van der Waals surface area contributed by atoms with Crippen molar-refractivity contribution in [1.29, 1.82) is 0 Å². The number of nitrogens with one attached hydrogen (secondary N) is 1. The SMILES string of the molecule is Cc1nn(C)c(C)c1C[C@@H](C)NC(=O)c1cc(Cl)cc(F)c1N. The van der Waals surface area contributed by atoms with E-state index in [4.69, 9.17) is 17.3 Å². The van der Waals surface area contributed by atoms with Crippen LogP contribution >= 0.6 is 11.6 Å². The van der Waals surface area contributed by atoms with Crippen LogP contribution in [0, 0.1) is 19.7 Å². The van der Waals surface area contributed by atoms with Gasteiger partial charge in [0.05, 0.1) is 16.9 Å². The van der Waals surface area contributed by atoms with Crippen molar-refractivity contribution >= 4 is 23.2 Å². The highest BCUT2D eigenvalue weighted by Crippen LogP contribution is 2.22. The third-order valence-corrected chi connectivity index (χ3v) is 4.10. The largest absolute Gasteiger partial charge is 0.396 e. The minimum absolute atomic E-state index is 0.0430. The molecule has 1 amide bonds. The van der Waals surface area contributed by atoms with Crippen LogP contribution < -0.4 is 11.1 Å². The number of nitrogens with two attached hydrogens (primary N) is 1. The number of halogens is 2. The number of nitrogen functional groups attached to an aromatic ring is 1. The number of benzene rings is 1. The zero-order chi connectivity index (χ0) is 17.3. The van der Waals surface area contributed by atoms with Crippen molar-refractivity contribution in [2.24, 2.45) is 7.05 Å². The first-order valence-electron chi connectivity index (χ1n) is 7.25. The van der Waals surface area contributed by atoms with Gasteiger partial charge in [-0.25, -0.2) is 4.39 Å². The minimum atomic E-state index is -0.700. The first kappa shape index (κ1) is 17.3. The van der Waals surface area contributed by atoms with Crippen LogP contribution in [0.3, 0.4) is 0 Å². The van der Waals surface area contributed by atoms with Gasteiger partial charge >= 0.3 is 0 Å². The Hall–Kier alpha value is -2.08. The summed E-state index contributed by atoms with van der Waals surface area (Å²) in [6.07, 6.45) is 0.625. The molecule has 2 rings (SSSR count). The lowest BCUT2D eigenvalue weighted by atomic mass is 10.0. The third-order valence-electron chi connectivity index (χ3n) is 3.89. The highest BCUT2D eigenvalue weighted by molar-refractivity contribution is 6.31. The Kier molecular flexibility index (Phi) is 4.94. The first-order valence-corrected chi connectivity index (χ1v) is 7.63. The average molecular weight is 339 g/mol. The standard InChI is InChI=1S/C16H20ClFN4O/c1-8(5-12-9(2)21-22(4)10(12)3)20-16(23)13-6-11(17)7-14(18)15(13)19/h6-8H,5,19H2,1-4H3,(H,20,23)/t8-/m1/s1. The molecule has 7 heteroatoms. The Morgan fingerprint density at radius 3 is 2.70 bits per heavy atom. The molecule has 0 saturated heterocycles. The lowest BCUT2D eigenvalue weighted by molar-refractivity contribution is 0.0940. The van der Waals surface area contributed by atoms with E-state index in [1.807, 2.05) is 32.5 Å². The van der Waals surface area contributed by atoms with Crippen LogP contribution in [-0.2, 0) is 13.5 Å². The van der Waals surface area contributed by atoms with Crippen molar-refractivity contribution in [2.45, 2.75) is 33.2 Å². The van der Waals surface area contributed by atoms with Crippen LogP contribution in [-0.4, -0.2) is 21.7 Å². The van der Waals surface area contributed by atoms with Crippen molar-refractivity contribution in [1.82, 2.24) is 15.1 Å². The Morgan fingerprint density at radius 1 is 1.48 bits per heavy atom. The molecule has 0 spiro atoms. The second-order valence-electron chi connectivity index (χ2n) is 5.70. The first-order chi connectivity index (χ1) is 10.7. The molecule has 1 heterocycles. The maximum Gasteiger partial charge on any atom is 0.253 e. The Bertz CT molecular complexity index is 757. The molecular formula is C16H20ClFN4O. The van der Waals surface area contributed by atoms with Gasteiger partial charge in [0.2, 0.25) is 0 Å². The fourth-order valence-corrected chi connectivity index (χ4v) is 2.75. The number of aryl methyl sites for hydroxylation is 2. The van der Waals surface area contributed by atoms with Crippen LogP contribution in [0.15, 0.2) is 12.1 Å². The van der Waals surface area contributed by atoms with Gasteiger partial charge in [-0.05, 0) is 44.9 Å². The molecular weight excluding hydrogens is 319 g/mol. The van der Waals surface area contributed by atoms with Gasteiger partial charge in [0.25, 0.3) is 5.91 Å². The summed E-state index contributed by atoms with van der Waals surface area (Å²) in [4.78, 5) is 12.3. The lowest BCUT2D eigenvalue weighted by Crippen LogP contribution is -2.34. The number of hydrogen-bond donors (Lipinski definition) is 2. The van der Waals surface area contributed by atoms with Gasteiger partial charge in [0.15, 0.2) is 0 Å². The van der Waals surface area contributed by atoms with Crippen molar-refractivity contribution in [3.8, 4) is 0 Å². The van der Waals surface area contributed by atoms with Crippen molar-refractivity contribution in [3.63, 3.8) is 0 Å². The number of amides is 1. The predicted octanol–water partition coefficient (Wildman–Crippen LogP) is 2.77. The molecule has 2 aromatic rings. The smallest absolute Gasteiger partial charge is 0.253 e. The number of rotatable bonds is 4. The lowest BCUT2D eigenvalue weighted by Gasteiger charge is -2.15. The Morgan fingerprint density at radius 2 is 2.13 bits per heavy atom. The summed E-state index contributed by atoms with van der Waals surface area (Å²) in [7, 11) is 1.88. The number of hydrogen-bond acceptors (Lipinski definition) is 3. The van der Waals surface area contributed by atoms with Gasteiger partial charge < -0.3 is 11.1 Å². The van der Waals surface area contributed by atoms with Gasteiger partial charge in [0, 0.05) is 23.8 Å².